The number of rotatable bonds is 11. The largest absolute Gasteiger partial charge is 0.497 e. The molecule has 1 aliphatic rings. The van der Waals surface area contributed by atoms with Crippen molar-refractivity contribution >= 4 is 17.6 Å². The SMILES string of the molecule is COc1ccc(CC(NC(=O)c2cccc(=O)[nH]2)C(=O)NC(Cc2ccccc2)C(=O)C2(C)CO2)cc1. The van der Waals surface area contributed by atoms with Crippen molar-refractivity contribution in [1.29, 1.82) is 0 Å². The molecule has 0 aliphatic carbocycles. The van der Waals surface area contributed by atoms with Crippen LogP contribution in [0.5, 0.6) is 5.75 Å². The number of pyridine rings is 1. The molecule has 0 bridgehead atoms. The highest BCUT2D eigenvalue weighted by Gasteiger charge is 2.50. The van der Waals surface area contributed by atoms with Crippen LogP contribution in [0.2, 0.25) is 0 Å². The maximum atomic E-state index is 13.5. The molecule has 0 spiro atoms. The monoisotopic (exact) mass is 503 g/mol. The van der Waals surface area contributed by atoms with Gasteiger partial charge in [0.1, 0.15) is 23.1 Å². The minimum atomic E-state index is -1.02. The van der Waals surface area contributed by atoms with E-state index in [0.29, 0.717) is 12.4 Å². The molecule has 192 valence electrons. The molecule has 9 nitrogen and oxygen atoms in total. The van der Waals surface area contributed by atoms with E-state index in [4.69, 9.17) is 9.47 Å². The predicted molar refractivity (Wildman–Crippen MR) is 136 cm³/mol. The second-order valence-corrected chi connectivity index (χ2v) is 9.14. The highest BCUT2D eigenvalue weighted by atomic mass is 16.6. The third kappa shape index (κ3) is 6.71. The number of ketones is 1. The fourth-order valence-electron chi connectivity index (χ4n) is 3.97. The zero-order valence-electron chi connectivity index (χ0n) is 20.7. The third-order valence-corrected chi connectivity index (χ3v) is 6.25. The number of amides is 2. The molecule has 3 unspecified atom stereocenters. The zero-order valence-corrected chi connectivity index (χ0v) is 20.7. The molecule has 3 aromatic rings. The lowest BCUT2D eigenvalue weighted by atomic mass is 9.94. The summed E-state index contributed by atoms with van der Waals surface area (Å²) in [5.41, 5.74) is 0.297. The summed E-state index contributed by atoms with van der Waals surface area (Å²) >= 11 is 0. The van der Waals surface area contributed by atoms with Crippen molar-refractivity contribution in [2.45, 2.75) is 37.5 Å². The molecular weight excluding hydrogens is 474 g/mol. The van der Waals surface area contributed by atoms with Gasteiger partial charge < -0.3 is 25.1 Å². The smallest absolute Gasteiger partial charge is 0.268 e. The van der Waals surface area contributed by atoms with Gasteiger partial charge in [0.05, 0.1) is 19.8 Å². The van der Waals surface area contributed by atoms with Gasteiger partial charge in [-0.1, -0.05) is 48.5 Å². The van der Waals surface area contributed by atoms with Crippen LogP contribution in [0.1, 0.15) is 28.5 Å². The van der Waals surface area contributed by atoms with E-state index < -0.39 is 35.1 Å². The van der Waals surface area contributed by atoms with E-state index >= 15 is 0 Å². The number of epoxide rings is 1. The first-order valence-corrected chi connectivity index (χ1v) is 11.9. The van der Waals surface area contributed by atoms with Crippen molar-refractivity contribution in [3.63, 3.8) is 0 Å². The van der Waals surface area contributed by atoms with Crippen LogP contribution in [-0.4, -0.2) is 54.0 Å². The fraction of sp³-hybridized carbons (Fsp3) is 0.286. The molecule has 9 heteroatoms. The van der Waals surface area contributed by atoms with Gasteiger partial charge in [-0.3, -0.25) is 19.2 Å². The molecule has 1 saturated heterocycles. The average molecular weight is 504 g/mol. The number of ether oxygens (including phenoxy) is 2. The van der Waals surface area contributed by atoms with Crippen LogP contribution in [0.3, 0.4) is 0 Å². The number of methoxy groups -OCH3 is 1. The maximum Gasteiger partial charge on any atom is 0.268 e. The van der Waals surface area contributed by atoms with Crippen molar-refractivity contribution in [2.75, 3.05) is 13.7 Å². The van der Waals surface area contributed by atoms with E-state index in [1.54, 1.807) is 38.3 Å². The Bertz CT molecular complexity index is 1320. The normalized spacial score (nSPS) is 17.8. The van der Waals surface area contributed by atoms with Crippen molar-refractivity contribution in [2.24, 2.45) is 0 Å². The number of carbonyl (C=O) groups is 3. The number of hydrogen-bond donors (Lipinski definition) is 3. The van der Waals surface area contributed by atoms with Gasteiger partial charge in [-0.15, -0.1) is 0 Å². The van der Waals surface area contributed by atoms with Gasteiger partial charge in [0.15, 0.2) is 5.78 Å². The summed E-state index contributed by atoms with van der Waals surface area (Å²) in [5, 5.41) is 5.55. The molecule has 3 N–H and O–H groups in total. The molecule has 2 aromatic carbocycles. The zero-order chi connectivity index (χ0) is 26.4. The summed E-state index contributed by atoms with van der Waals surface area (Å²) < 4.78 is 10.5. The van der Waals surface area contributed by atoms with E-state index in [1.807, 2.05) is 30.3 Å². The Kier molecular flexibility index (Phi) is 7.83. The number of carbonyl (C=O) groups excluding carboxylic acids is 3. The molecule has 0 radical (unpaired) electrons. The molecule has 1 fully saturated rings. The van der Waals surface area contributed by atoms with Crippen molar-refractivity contribution in [3.05, 3.63) is 100.0 Å². The van der Waals surface area contributed by atoms with Crippen molar-refractivity contribution < 1.29 is 23.9 Å². The Morgan fingerprint density at radius 3 is 2.19 bits per heavy atom. The van der Waals surface area contributed by atoms with Crippen molar-refractivity contribution in [1.82, 2.24) is 15.6 Å². The predicted octanol–water partition coefficient (Wildman–Crippen LogP) is 1.81. The van der Waals surface area contributed by atoms with E-state index in [2.05, 4.69) is 15.6 Å². The van der Waals surface area contributed by atoms with Gasteiger partial charge in [-0.05, 0) is 42.7 Å². The Morgan fingerprint density at radius 1 is 0.919 bits per heavy atom. The molecule has 2 amide bonds. The molecule has 37 heavy (non-hydrogen) atoms. The summed E-state index contributed by atoms with van der Waals surface area (Å²) in [6.07, 6.45) is 0.429. The number of nitrogens with one attached hydrogen (secondary N) is 3. The van der Waals surface area contributed by atoms with Gasteiger partial charge in [0.2, 0.25) is 11.5 Å². The van der Waals surface area contributed by atoms with E-state index in [9.17, 15) is 19.2 Å². The number of benzene rings is 2. The first-order valence-electron chi connectivity index (χ1n) is 11.9. The maximum absolute atomic E-state index is 13.5. The van der Waals surface area contributed by atoms with Crippen LogP contribution in [-0.2, 0) is 27.2 Å². The van der Waals surface area contributed by atoms with Crippen LogP contribution in [0.4, 0.5) is 0 Å². The average Bonchev–Trinajstić information content (AvgIpc) is 3.66. The molecule has 4 rings (SSSR count). The van der Waals surface area contributed by atoms with Crippen LogP contribution in [0.15, 0.2) is 77.6 Å². The third-order valence-electron chi connectivity index (χ3n) is 6.25. The Balaban J connectivity index is 1.57. The Hall–Kier alpha value is -4.24. The number of aromatic nitrogens is 1. The highest BCUT2D eigenvalue weighted by molar-refractivity contribution is 5.99. The van der Waals surface area contributed by atoms with E-state index in [-0.39, 0.29) is 24.3 Å². The second kappa shape index (κ2) is 11.2. The minimum Gasteiger partial charge on any atom is -0.497 e. The number of H-pyrrole nitrogens is 1. The first kappa shape index (κ1) is 25.8. The van der Waals surface area contributed by atoms with Crippen LogP contribution in [0.25, 0.3) is 0 Å². The van der Waals surface area contributed by atoms with Gasteiger partial charge in [-0.2, -0.15) is 0 Å². The standard InChI is InChI=1S/C28H29N3O6/c1-28(17-37-28)25(33)22(15-18-7-4-3-5-8-18)30-27(35)23(16-19-11-13-20(36-2)14-12-19)31-26(34)21-9-6-10-24(32)29-21/h3-14,22-23H,15-17H2,1-2H3,(H,29,32)(H,30,35)(H,31,34). The lowest BCUT2D eigenvalue weighted by Gasteiger charge is -2.24. The Labute approximate surface area is 214 Å². The molecule has 1 aromatic heterocycles. The van der Waals surface area contributed by atoms with E-state index in [1.165, 1.54) is 18.2 Å². The number of aromatic amines is 1. The molecule has 1 aliphatic heterocycles. The summed E-state index contributed by atoms with van der Waals surface area (Å²) in [4.78, 5) is 53.8. The summed E-state index contributed by atoms with van der Waals surface area (Å²) in [7, 11) is 1.56. The quantitative estimate of drug-likeness (QED) is 0.342. The number of hydrogen-bond acceptors (Lipinski definition) is 6. The molecular formula is C28H29N3O6. The lowest BCUT2D eigenvalue weighted by molar-refractivity contribution is -0.131. The first-order chi connectivity index (χ1) is 17.8. The topological polar surface area (TPSA) is 130 Å². The minimum absolute atomic E-state index is 0.0239. The fourth-order valence-corrected chi connectivity index (χ4v) is 3.97. The summed E-state index contributed by atoms with van der Waals surface area (Å²) in [5.74, 6) is -0.718. The molecule has 2 heterocycles. The van der Waals surface area contributed by atoms with Crippen LogP contribution in [0, 0.1) is 0 Å². The molecule has 0 saturated carbocycles. The van der Waals surface area contributed by atoms with Crippen molar-refractivity contribution in [3.8, 4) is 5.75 Å². The summed E-state index contributed by atoms with van der Waals surface area (Å²) in [6, 6.07) is 18.8. The van der Waals surface area contributed by atoms with E-state index in [0.717, 1.165) is 11.1 Å². The van der Waals surface area contributed by atoms with Gasteiger partial charge >= 0.3 is 0 Å². The lowest BCUT2D eigenvalue weighted by Crippen LogP contribution is -2.55. The number of Topliss-reactive ketones (excluding diaryl/α,β-unsaturated/α-hetero) is 1. The highest BCUT2D eigenvalue weighted by Crippen LogP contribution is 2.29. The van der Waals surface area contributed by atoms with Crippen LogP contribution >= 0.6 is 0 Å². The second-order valence-electron chi connectivity index (χ2n) is 9.14. The summed E-state index contributed by atoms with van der Waals surface area (Å²) in [6.45, 7) is 1.99. The Morgan fingerprint density at radius 2 is 1.57 bits per heavy atom. The van der Waals surface area contributed by atoms with Gasteiger partial charge in [0, 0.05) is 12.5 Å². The van der Waals surface area contributed by atoms with Gasteiger partial charge in [-0.25, -0.2) is 0 Å². The van der Waals surface area contributed by atoms with Crippen LogP contribution < -0.4 is 20.9 Å². The van der Waals surface area contributed by atoms with Gasteiger partial charge in [0.25, 0.3) is 5.91 Å². The molecule has 3 atom stereocenters.